The molecular weight excluding hydrogens is 304 g/mol. The van der Waals surface area contributed by atoms with Crippen LogP contribution in [0.15, 0.2) is 4.99 Å². The quantitative estimate of drug-likeness (QED) is 0.547. The molecule has 2 N–H and O–H groups in total. The first-order chi connectivity index (χ1) is 10.5. The van der Waals surface area contributed by atoms with Gasteiger partial charge in [-0.25, -0.2) is 12.7 Å². The molecule has 1 atom stereocenters. The van der Waals surface area contributed by atoms with Gasteiger partial charge in [0.25, 0.3) is 0 Å². The minimum Gasteiger partial charge on any atom is -0.376 e. The molecule has 2 aliphatic heterocycles. The van der Waals surface area contributed by atoms with E-state index in [9.17, 15) is 8.42 Å². The monoisotopic (exact) mass is 332 g/mol. The smallest absolute Gasteiger partial charge is 0.211 e. The average molecular weight is 332 g/mol. The Bertz CT molecular complexity index is 466. The molecule has 128 valence electrons. The minimum atomic E-state index is -3.04. The first kappa shape index (κ1) is 17.5. The van der Waals surface area contributed by atoms with Gasteiger partial charge in [-0.1, -0.05) is 0 Å². The lowest BCUT2D eigenvalue weighted by atomic mass is 9.98. The van der Waals surface area contributed by atoms with Gasteiger partial charge in [-0.3, -0.25) is 4.99 Å². The summed E-state index contributed by atoms with van der Waals surface area (Å²) in [5.74, 6) is 1.28. The lowest BCUT2D eigenvalue weighted by Crippen LogP contribution is -2.45. The van der Waals surface area contributed by atoms with E-state index in [-0.39, 0.29) is 6.10 Å². The summed E-state index contributed by atoms with van der Waals surface area (Å²) in [5, 5.41) is 6.62. The zero-order chi connectivity index (χ0) is 16.0. The van der Waals surface area contributed by atoms with Gasteiger partial charge < -0.3 is 15.4 Å². The van der Waals surface area contributed by atoms with E-state index in [1.54, 1.807) is 11.4 Å². The number of sulfonamides is 1. The minimum absolute atomic E-state index is 0.288. The van der Waals surface area contributed by atoms with Gasteiger partial charge in [0.05, 0.1) is 12.4 Å². The van der Waals surface area contributed by atoms with Crippen molar-refractivity contribution in [1.82, 2.24) is 14.9 Å². The molecule has 0 aliphatic carbocycles. The molecule has 0 aromatic carbocycles. The number of nitrogens with zero attached hydrogens (tertiary/aromatic N) is 2. The Morgan fingerprint density at radius 1 is 1.23 bits per heavy atom. The van der Waals surface area contributed by atoms with Crippen LogP contribution in [0.5, 0.6) is 0 Å². The summed E-state index contributed by atoms with van der Waals surface area (Å²) in [4.78, 5) is 4.22. The molecule has 0 amide bonds. The molecule has 2 heterocycles. The largest absolute Gasteiger partial charge is 0.376 e. The first-order valence-corrected chi connectivity index (χ1v) is 9.85. The molecule has 0 spiro atoms. The highest BCUT2D eigenvalue weighted by Gasteiger charge is 2.25. The van der Waals surface area contributed by atoms with Crippen molar-refractivity contribution in [1.29, 1.82) is 0 Å². The summed E-state index contributed by atoms with van der Waals surface area (Å²) < 4.78 is 30.1. The van der Waals surface area contributed by atoms with Crippen molar-refractivity contribution < 1.29 is 13.2 Å². The zero-order valence-corrected chi connectivity index (χ0v) is 14.4. The molecule has 0 aromatic rings. The molecule has 22 heavy (non-hydrogen) atoms. The second kappa shape index (κ2) is 8.12. The molecule has 8 heteroatoms. The molecule has 1 unspecified atom stereocenters. The highest BCUT2D eigenvalue weighted by molar-refractivity contribution is 7.88. The first-order valence-electron chi connectivity index (χ1n) is 8.00. The summed E-state index contributed by atoms with van der Waals surface area (Å²) in [6, 6.07) is 0. The van der Waals surface area contributed by atoms with Crippen molar-refractivity contribution in [2.45, 2.75) is 31.8 Å². The summed E-state index contributed by atoms with van der Waals surface area (Å²) >= 11 is 0. The third kappa shape index (κ3) is 5.40. The second-order valence-electron chi connectivity index (χ2n) is 6.07. The van der Waals surface area contributed by atoms with Crippen LogP contribution in [0, 0.1) is 5.92 Å². The highest BCUT2D eigenvalue weighted by atomic mass is 32.2. The number of rotatable bonds is 5. The van der Waals surface area contributed by atoms with E-state index in [1.165, 1.54) is 6.26 Å². The van der Waals surface area contributed by atoms with Crippen LogP contribution in [0.3, 0.4) is 0 Å². The van der Waals surface area contributed by atoms with E-state index in [0.29, 0.717) is 19.0 Å². The van der Waals surface area contributed by atoms with Gasteiger partial charge in [0.1, 0.15) is 0 Å². The number of hydrogen-bond donors (Lipinski definition) is 2. The number of guanidine groups is 1. The Morgan fingerprint density at radius 2 is 1.91 bits per heavy atom. The van der Waals surface area contributed by atoms with Crippen LogP contribution in [-0.4, -0.2) is 70.9 Å². The predicted molar refractivity (Wildman–Crippen MR) is 87.5 cm³/mol. The maximum Gasteiger partial charge on any atom is 0.211 e. The van der Waals surface area contributed by atoms with Crippen molar-refractivity contribution in [3.63, 3.8) is 0 Å². The van der Waals surface area contributed by atoms with Gasteiger partial charge in [-0.15, -0.1) is 0 Å². The SMILES string of the molecule is CN=C(NCC1CCN(S(C)(=O)=O)CC1)NCC1CCCO1. The fourth-order valence-corrected chi connectivity index (χ4v) is 3.80. The number of piperidine rings is 1. The molecule has 0 saturated carbocycles. The number of nitrogens with one attached hydrogen (secondary N) is 2. The van der Waals surface area contributed by atoms with Crippen molar-refractivity contribution in [2.24, 2.45) is 10.9 Å². The van der Waals surface area contributed by atoms with Crippen molar-refractivity contribution >= 4 is 16.0 Å². The molecule has 0 bridgehead atoms. The Kier molecular flexibility index (Phi) is 6.46. The normalized spacial score (nSPS) is 25.4. The van der Waals surface area contributed by atoms with Crippen molar-refractivity contribution in [2.75, 3.05) is 46.1 Å². The lowest BCUT2D eigenvalue weighted by Gasteiger charge is -2.30. The Labute approximate surface area is 133 Å². The third-order valence-electron chi connectivity index (χ3n) is 4.35. The Hall–Kier alpha value is -0.860. The Morgan fingerprint density at radius 3 is 2.45 bits per heavy atom. The van der Waals surface area contributed by atoms with E-state index >= 15 is 0 Å². The topological polar surface area (TPSA) is 83.0 Å². The number of aliphatic imine (C=N–C) groups is 1. The molecule has 2 saturated heterocycles. The van der Waals surface area contributed by atoms with Gasteiger partial charge >= 0.3 is 0 Å². The maximum atomic E-state index is 11.5. The maximum absolute atomic E-state index is 11.5. The van der Waals surface area contributed by atoms with Gasteiger partial charge in [-0.05, 0) is 31.6 Å². The van der Waals surface area contributed by atoms with Gasteiger partial charge in [0.2, 0.25) is 10.0 Å². The van der Waals surface area contributed by atoms with Gasteiger partial charge in [0.15, 0.2) is 5.96 Å². The van der Waals surface area contributed by atoms with E-state index in [1.807, 2.05) is 0 Å². The zero-order valence-electron chi connectivity index (χ0n) is 13.5. The van der Waals surface area contributed by atoms with Crippen LogP contribution in [0.2, 0.25) is 0 Å². The molecule has 0 aromatic heterocycles. The molecule has 0 radical (unpaired) electrons. The van der Waals surface area contributed by atoms with E-state index in [0.717, 1.165) is 51.3 Å². The van der Waals surface area contributed by atoms with Crippen LogP contribution in [0.25, 0.3) is 0 Å². The molecule has 2 rings (SSSR count). The summed E-state index contributed by atoms with van der Waals surface area (Å²) in [6.07, 6.45) is 5.59. The van der Waals surface area contributed by atoms with Crippen LogP contribution in [0.1, 0.15) is 25.7 Å². The van der Waals surface area contributed by atoms with Crippen LogP contribution < -0.4 is 10.6 Å². The Balaban J connectivity index is 1.66. The lowest BCUT2D eigenvalue weighted by molar-refractivity contribution is 0.113. The van der Waals surface area contributed by atoms with E-state index in [2.05, 4.69) is 15.6 Å². The number of hydrogen-bond acceptors (Lipinski definition) is 4. The average Bonchev–Trinajstić information content (AvgIpc) is 3.00. The molecule has 2 aliphatic rings. The van der Waals surface area contributed by atoms with E-state index < -0.39 is 10.0 Å². The number of ether oxygens (including phenoxy) is 1. The molecule has 7 nitrogen and oxygen atoms in total. The predicted octanol–water partition coefficient (Wildman–Crippen LogP) is 0.00200. The standard InChI is InChI=1S/C14H28N4O3S/c1-15-14(17-11-13-4-3-9-21-13)16-10-12-5-7-18(8-6-12)22(2,19)20/h12-13H,3-11H2,1-2H3,(H2,15,16,17). The fraction of sp³-hybridized carbons (Fsp3) is 0.929. The fourth-order valence-electron chi connectivity index (χ4n) is 2.92. The van der Waals surface area contributed by atoms with Crippen LogP contribution >= 0.6 is 0 Å². The molecular formula is C14H28N4O3S. The highest BCUT2D eigenvalue weighted by Crippen LogP contribution is 2.18. The summed E-state index contributed by atoms with van der Waals surface area (Å²) in [6.45, 7) is 3.70. The third-order valence-corrected chi connectivity index (χ3v) is 5.65. The van der Waals surface area contributed by atoms with Gasteiger partial charge in [0, 0.05) is 39.8 Å². The second-order valence-corrected chi connectivity index (χ2v) is 8.06. The summed E-state index contributed by atoms with van der Waals surface area (Å²) in [5.41, 5.74) is 0. The van der Waals surface area contributed by atoms with Crippen LogP contribution in [0.4, 0.5) is 0 Å². The van der Waals surface area contributed by atoms with Crippen molar-refractivity contribution in [3.05, 3.63) is 0 Å². The van der Waals surface area contributed by atoms with Crippen LogP contribution in [-0.2, 0) is 14.8 Å². The van der Waals surface area contributed by atoms with Crippen molar-refractivity contribution in [3.8, 4) is 0 Å². The van der Waals surface area contributed by atoms with Gasteiger partial charge in [-0.2, -0.15) is 0 Å². The summed E-state index contributed by atoms with van der Waals surface area (Å²) in [7, 11) is -1.28. The molecule has 2 fully saturated rings. The van der Waals surface area contributed by atoms with E-state index in [4.69, 9.17) is 4.74 Å².